The van der Waals surface area contributed by atoms with Crippen molar-refractivity contribution < 1.29 is 19.2 Å². The Hall–Kier alpha value is -2.16. The number of likely N-dealkylation sites (N-methyl/N-ethyl adjacent to an activating group) is 1. The Bertz CT molecular complexity index is 619. The SMILES string of the molecule is CCN1CCN(CC(=O)N2CCCC(CNC(=O)C3CCCN3)C2)C(=O)C1=O. The zero-order chi connectivity index (χ0) is 20.1. The molecule has 0 radical (unpaired) electrons. The highest BCUT2D eigenvalue weighted by atomic mass is 16.2. The summed E-state index contributed by atoms with van der Waals surface area (Å²) < 4.78 is 0. The topological polar surface area (TPSA) is 102 Å². The van der Waals surface area contributed by atoms with Crippen molar-refractivity contribution in [2.75, 3.05) is 52.4 Å². The van der Waals surface area contributed by atoms with Crippen LogP contribution >= 0.6 is 0 Å². The van der Waals surface area contributed by atoms with Gasteiger partial charge in [0.05, 0.1) is 6.04 Å². The van der Waals surface area contributed by atoms with Crippen LogP contribution in [0.1, 0.15) is 32.6 Å². The van der Waals surface area contributed by atoms with E-state index in [1.165, 1.54) is 9.80 Å². The molecule has 3 aliphatic rings. The summed E-state index contributed by atoms with van der Waals surface area (Å²) in [5.74, 6) is -0.983. The van der Waals surface area contributed by atoms with E-state index in [2.05, 4.69) is 10.6 Å². The number of likely N-dealkylation sites (tertiary alicyclic amines) is 1. The number of nitrogens with zero attached hydrogens (tertiary/aromatic N) is 3. The van der Waals surface area contributed by atoms with E-state index in [0.29, 0.717) is 39.3 Å². The summed E-state index contributed by atoms with van der Waals surface area (Å²) >= 11 is 0. The number of amides is 4. The van der Waals surface area contributed by atoms with Gasteiger partial charge in [-0.25, -0.2) is 0 Å². The Morgan fingerprint density at radius 2 is 1.82 bits per heavy atom. The fourth-order valence-corrected chi connectivity index (χ4v) is 4.17. The predicted octanol–water partition coefficient (Wildman–Crippen LogP) is -1.22. The lowest BCUT2D eigenvalue weighted by Crippen LogP contribution is -2.57. The van der Waals surface area contributed by atoms with E-state index in [9.17, 15) is 19.2 Å². The second-order valence-corrected chi connectivity index (χ2v) is 7.85. The molecule has 156 valence electrons. The van der Waals surface area contributed by atoms with Crippen LogP contribution in [0.5, 0.6) is 0 Å². The Kier molecular flexibility index (Phi) is 6.88. The van der Waals surface area contributed by atoms with Crippen LogP contribution in [0.3, 0.4) is 0 Å². The molecule has 0 aromatic rings. The first-order chi connectivity index (χ1) is 13.5. The van der Waals surface area contributed by atoms with Crippen LogP contribution < -0.4 is 10.6 Å². The molecule has 0 spiro atoms. The van der Waals surface area contributed by atoms with E-state index >= 15 is 0 Å². The number of piperidine rings is 1. The van der Waals surface area contributed by atoms with Crippen molar-refractivity contribution in [3.8, 4) is 0 Å². The molecule has 2 N–H and O–H groups in total. The van der Waals surface area contributed by atoms with E-state index in [1.54, 1.807) is 4.90 Å². The molecule has 2 unspecified atom stereocenters. The summed E-state index contributed by atoms with van der Waals surface area (Å²) in [5, 5.41) is 6.19. The van der Waals surface area contributed by atoms with Crippen molar-refractivity contribution in [3.63, 3.8) is 0 Å². The van der Waals surface area contributed by atoms with Crippen LogP contribution in [0.4, 0.5) is 0 Å². The van der Waals surface area contributed by atoms with Gasteiger partial charge < -0.3 is 25.3 Å². The molecular formula is C19H31N5O4. The van der Waals surface area contributed by atoms with Crippen molar-refractivity contribution in [1.82, 2.24) is 25.3 Å². The molecule has 28 heavy (non-hydrogen) atoms. The van der Waals surface area contributed by atoms with E-state index < -0.39 is 11.8 Å². The third kappa shape index (κ3) is 4.81. The van der Waals surface area contributed by atoms with Gasteiger partial charge in [-0.05, 0) is 45.1 Å². The third-order valence-electron chi connectivity index (χ3n) is 5.92. The van der Waals surface area contributed by atoms with Gasteiger partial charge in [0.2, 0.25) is 11.8 Å². The first kappa shape index (κ1) is 20.6. The Morgan fingerprint density at radius 1 is 1.07 bits per heavy atom. The lowest BCUT2D eigenvalue weighted by Gasteiger charge is -2.36. The molecule has 3 saturated heterocycles. The molecule has 0 saturated carbocycles. The van der Waals surface area contributed by atoms with Crippen LogP contribution in [0.25, 0.3) is 0 Å². The van der Waals surface area contributed by atoms with Gasteiger partial charge in [-0.1, -0.05) is 0 Å². The number of hydrogen-bond acceptors (Lipinski definition) is 5. The second-order valence-electron chi connectivity index (χ2n) is 7.85. The zero-order valence-corrected chi connectivity index (χ0v) is 16.6. The molecule has 0 aromatic carbocycles. The normalized spacial score (nSPS) is 26.0. The molecule has 2 atom stereocenters. The lowest BCUT2D eigenvalue weighted by molar-refractivity contribution is -0.157. The van der Waals surface area contributed by atoms with Gasteiger partial charge >= 0.3 is 11.8 Å². The maximum atomic E-state index is 12.7. The van der Waals surface area contributed by atoms with Crippen LogP contribution in [-0.2, 0) is 19.2 Å². The quantitative estimate of drug-likeness (QED) is 0.551. The number of carbonyl (C=O) groups is 4. The van der Waals surface area contributed by atoms with Crippen LogP contribution in [-0.4, -0.2) is 96.7 Å². The van der Waals surface area contributed by atoms with E-state index in [0.717, 1.165) is 32.2 Å². The molecule has 9 heteroatoms. The van der Waals surface area contributed by atoms with E-state index in [4.69, 9.17) is 0 Å². The summed E-state index contributed by atoms with van der Waals surface area (Å²) in [4.78, 5) is 53.6. The second kappa shape index (κ2) is 9.36. The van der Waals surface area contributed by atoms with Crippen LogP contribution in [0.15, 0.2) is 0 Å². The minimum absolute atomic E-state index is 0.0406. The van der Waals surface area contributed by atoms with Crippen molar-refractivity contribution >= 4 is 23.6 Å². The average Bonchev–Trinajstić information content (AvgIpc) is 3.25. The van der Waals surface area contributed by atoms with Crippen molar-refractivity contribution in [2.24, 2.45) is 5.92 Å². The molecule has 0 aromatic heterocycles. The number of piperazine rings is 1. The molecule has 0 aliphatic carbocycles. The Labute approximate surface area is 165 Å². The minimum Gasteiger partial charge on any atom is -0.354 e. The summed E-state index contributed by atoms with van der Waals surface area (Å²) in [6.07, 6.45) is 3.75. The smallest absolute Gasteiger partial charge is 0.312 e. The van der Waals surface area contributed by atoms with Crippen molar-refractivity contribution in [3.05, 3.63) is 0 Å². The summed E-state index contributed by atoms with van der Waals surface area (Å²) in [6.45, 7) is 5.84. The minimum atomic E-state index is -0.591. The fraction of sp³-hybridized carbons (Fsp3) is 0.789. The largest absolute Gasteiger partial charge is 0.354 e. The monoisotopic (exact) mass is 393 g/mol. The number of nitrogens with one attached hydrogen (secondary N) is 2. The predicted molar refractivity (Wildman–Crippen MR) is 102 cm³/mol. The molecular weight excluding hydrogens is 362 g/mol. The average molecular weight is 393 g/mol. The molecule has 4 amide bonds. The highest BCUT2D eigenvalue weighted by Crippen LogP contribution is 2.17. The number of hydrogen-bond donors (Lipinski definition) is 2. The molecule has 3 heterocycles. The fourth-order valence-electron chi connectivity index (χ4n) is 4.17. The molecule has 3 fully saturated rings. The number of rotatable bonds is 6. The van der Waals surface area contributed by atoms with E-state index in [1.807, 2.05) is 6.92 Å². The van der Waals surface area contributed by atoms with Crippen molar-refractivity contribution in [1.29, 1.82) is 0 Å². The number of carbonyl (C=O) groups excluding carboxylic acids is 4. The van der Waals surface area contributed by atoms with Crippen molar-refractivity contribution in [2.45, 2.75) is 38.6 Å². The Morgan fingerprint density at radius 3 is 2.54 bits per heavy atom. The van der Waals surface area contributed by atoms with E-state index in [-0.39, 0.29) is 30.3 Å². The summed E-state index contributed by atoms with van der Waals surface area (Å²) in [5.41, 5.74) is 0. The molecule has 3 rings (SSSR count). The van der Waals surface area contributed by atoms with Gasteiger partial charge in [0.15, 0.2) is 0 Å². The molecule has 9 nitrogen and oxygen atoms in total. The first-order valence-electron chi connectivity index (χ1n) is 10.4. The zero-order valence-electron chi connectivity index (χ0n) is 16.6. The molecule has 3 aliphatic heterocycles. The standard InChI is InChI=1S/C19H31N5O4/c1-2-22-9-10-24(19(28)18(22)27)13-16(25)23-8-4-5-14(12-23)11-21-17(26)15-6-3-7-20-15/h14-15,20H,2-13H2,1H3,(H,21,26). The molecule has 0 bridgehead atoms. The van der Waals surface area contributed by atoms with Crippen LogP contribution in [0, 0.1) is 5.92 Å². The van der Waals surface area contributed by atoms with Gasteiger partial charge in [0, 0.05) is 39.3 Å². The summed E-state index contributed by atoms with van der Waals surface area (Å²) in [7, 11) is 0. The first-order valence-corrected chi connectivity index (χ1v) is 10.4. The highest BCUT2D eigenvalue weighted by molar-refractivity contribution is 6.35. The van der Waals surface area contributed by atoms with Gasteiger partial charge in [-0.2, -0.15) is 0 Å². The van der Waals surface area contributed by atoms with Gasteiger partial charge in [0.25, 0.3) is 0 Å². The highest BCUT2D eigenvalue weighted by Gasteiger charge is 2.34. The van der Waals surface area contributed by atoms with Gasteiger partial charge in [0.1, 0.15) is 6.54 Å². The maximum Gasteiger partial charge on any atom is 0.312 e. The van der Waals surface area contributed by atoms with Crippen LogP contribution in [0.2, 0.25) is 0 Å². The Balaban J connectivity index is 1.45. The van der Waals surface area contributed by atoms with Gasteiger partial charge in [-0.3, -0.25) is 19.2 Å². The van der Waals surface area contributed by atoms with Gasteiger partial charge in [-0.15, -0.1) is 0 Å². The summed E-state index contributed by atoms with van der Waals surface area (Å²) in [6, 6.07) is -0.0911. The lowest BCUT2D eigenvalue weighted by atomic mass is 9.97. The third-order valence-corrected chi connectivity index (χ3v) is 5.92. The maximum absolute atomic E-state index is 12.7.